The van der Waals surface area contributed by atoms with E-state index in [0.29, 0.717) is 0 Å². The van der Waals surface area contributed by atoms with Crippen molar-refractivity contribution in [1.82, 2.24) is 9.80 Å². The molecule has 2 amide bonds. The van der Waals surface area contributed by atoms with Crippen LogP contribution in [0.5, 0.6) is 0 Å². The van der Waals surface area contributed by atoms with Gasteiger partial charge in [0.2, 0.25) is 0 Å². The maximum atomic E-state index is 11.3. The van der Waals surface area contributed by atoms with Gasteiger partial charge in [-0.1, -0.05) is 12.2 Å². The van der Waals surface area contributed by atoms with Gasteiger partial charge in [0.15, 0.2) is 0 Å². The third-order valence-electron chi connectivity index (χ3n) is 1.20. The fourth-order valence-corrected chi connectivity index (χ4v) is 0.695. The highest BCUT2D eigenvalue weighted by molar-refractivity contribution is 5.76. The average Bonchev–Trinajstić information content (AvgIpc) is 1.98. The van der Waals surface area contributed by atoms with Crippen molar-refractivity contribution >= 4 is 6.03 Å². The molecule has 12 heavy (non-hydrogen) atoms. The van der Waals surface area contributed by atoms with Crippen LogP contribution < -0.4 is 0 Å². The van der Waals surface area contributed by atoms with Gasteiger partial charge in [-0.05, 0) is 13.8 Å². The predicted molar refractivity (Wildman–Crippen MR) is 50.6 cm³/mol. The van der Waals surface area contributed by atoms with Crippen LogP contribution in [0.2, 0.25) is 0 Å². The summed E-state index contributed by atoms with van der Waals surface area (Å²) >= 11 is 0. The normalized spacial score (nSPS) is 8.67. The molecule has 0 fully saturated rings. The minimum atomic E-state index is -0.0915. The molecule has 0 aliphatic carbocycles. The highest BCUT2D eigenvalue weighted by atomic mass is 16.2. The lowest BCUT2D eigenvalue weighted by molar-refractivity contribution is 0.200. The summed E-state index contributed by atoms with van der Waals surface area (Å²) < 4.78 is 0. The zero-order valence-corrected chi connectivity index (χ0v) is 8.16. The van der Waals surface area contributed by atoms with Gasteiger partial charge in [0, 0.05) is 26.5 Å². The highest BCUT2D eigenvalue weighted by Crippen LogP contribution is 2.00. The van der Waals surface area contributed by atoms with E-state index < -0.39 is 0 Å². The predicted octanol–water partition coefficient (Wildman–Crippen LogP) is 2.04. The maximum absolute atomic E-state index is 11.3. The Balaban J connectivity index is 4.46. The zero-order valence-electron chi connectivity index (χ0n) is 8.16. The molecule has 0 rings (SSSR count). The molecule has 0 bridgehead atoms. The van der Waals surface area contributed by atoms with Crippen LogP contribution in [-0.2, 0) is 0 Å². The third-order valence-corrected chi connectivity index (χ3v) is 1.20. The lowest BCUT2D eigenvalue weighted by atomic mass is 10.4. The standard InChI is InChI=1S/C9H16N2O/c1-6-11(7-8(2)3)9(12)10(4)5/h6-7H,1H2,2-5H3. The molecular formula is C9H16N2O. The van der Waals surface area contributed by atoms with Gasteiger partial charge in [-0.3, -0.25) is 4.90 Å². The summed E-state index contributed by atoms with van der Waals surface area (Å²) in [6.45, 7) is 7.41. The van der Waals surface area contributed by atoms with Gasteiger partial charge in [-0.25, -0.2) is 4.79 Å². The van der Waals surface area contributed by atoms with Crippen molar-refractivity contribution < 1.29 is 4.79 Å². The number of carbonyl (C=O) groups excluding carboxylic acids is 1. The van der Waals surface area contributed by atoms with Crippen LogP contribution in [0.15, 0.2) is 24.6 Å². The molecule has 0 spiro atoms. The van der Waals surface area contributed by atoms with Gasteiger partial charge < -0.3 is 4.90 Å². The Labute approximate surface area is 74.0 Å². The van der Waals surface area contributed by atoms with E-state index in [-0.39, 0.29) is 6.03 Å². The van der Waals surface area contributed by atoms with Crippen LogP contribution in [0.25, 0.3) is 0 Å². The van der Waals surface area contributed by atoms with Gasteiger partial charge >= 0.3 is 6.03 Å². The van der Waals surface area contributed by atoms with Crippen LogP contribution in [-0.4, -0.2) is 29.9 Å². The van der Waals surface area contributed by atoms with Crippen molar-refractivity contribution in [1.29, 1.82) is 0 Å². The molecule has 0 N–H and O–H groups in total. The number of carbonyl (C=O) groups is 1. The monoisotopic (exact) mass is 168 g/mol. The molecular weight excluding hydrogens is 152 g/mol. The van der Waals surface area contributed by atoms with E-state index in [0.717, 1.165) is 5.57 Å². The Hall–Kier alpha value is -1.25. The van der Waals surface area contributed by atoms with Gasteiger partial charge in [0.1, 0.15) is 0 Å². The summed E-state index contributed by atoms with van der Waals surface area (Å²) in [5.41, 5.74) is 1.06. The van der Waals surface area contributed by atoms with Gasteiger partial charge in [0.05, 0.1) is 0 Å². The van der Waals surface area contributed by atoms with E-state index in [9.17, 15) is 4.79 Å². The van der Waals surface area contributed by atoms with E-state index in [1.165, 1.54) is 16.0 Å². The summed E-state index contributed by atoms with van der Waals surface area (Å²) in [5.74, 6) is 0. The number of hydrogen-bond acceptors (Lipinski definition) is 1. The van der Waals surface area contributed by atoms with E-state index in [2.05, 4.69) is 6.58 Å². The topological polar surface area (TPSA) is 23.6 Å². The second-order valence-electron chi connectivity index (χ2n) is 2.97. The molecule has 0 heterocycles. The fourth-order valence-electron chi connectivity index (χ4n) is 0.695. The Kier molecular flexibility index (Phi) is 4.11. The van der Waals surface area contributed by atoms with Crippen molar-refractivity contribution in [2.75, 3.05) is 14.1 Å². The number of urea groups is 1. The maximum Gasteiger partial charge on any atom is 0.327 e. The first kappa shape index (κ1) is 10.8. The third kappa shape index (κ3) is 3.23. The fraction of sp³-hybridized carbons (Fsp3) is 0.444. The smallest absolute Gasteiger partial charge is 0.327 e. The lowest BCUT2D eigenvalue weighted by Gasteiger charge is -2.18. The first-order valence-electron chi connectivity index (χ1n) is 3.76. The first-order chi connectivity index (χ1) is 5.49. The van der Waals surface area contributed by atoms with Gasteiger partial charge in [-0.2, -0.15) is 0 Å². The lowest BCUT2D eigenvalue weighted by Crippen LogP contribution is -2.32. The molecule has 68 valence electrons. The van der Waals surface area contributed by atoms with E-state index in [1.54, 1.807) is 20.3 Å². The Morgan fingerprint density at radius 2 is 1.83 bits per heavy atom. The summed E-state index contributed by atoms with van der Waals surface area (Å²) in [6.07, 6.45) is 3.24. The molecule has 0 aromatic carbocycles. The average molecular weight is 168 g/mol. The van der Waals surface area contributed by atoms with Crippen LogP contribution in [0.1, 0.15) is 13.8 Å². The summed E-state index contributed by atoms with van der Waals surface area (Å²) in [4.78, 5) is 14.3. The molecule has 0 atom stereocenters. The number of rotatable bonds is 2. The first-order valence-corrected chi connectivity index (χ1v) is 3.76. The number of nitrogens with zero attached hydrogens (tertiary/aromatic N) is 2. The molecule has 0 unspecified atom stereocenters. The van der Waals surface area contributed by atoms with Crippen LogP contribution in [0.4, 0.5) is 4.79 Å². The summed E-state index contributed by atoms with van der Waals surface area (Å²) in [6, 6.07) is -0.0915. The van der Waals surface area contributed by atoms with E-state index in [1.807, 2.05) is 13.8 Å². The van der Waals surface area contributed by atoms with Gasteiger partial charge in [-0.15, -0.1) is 0 Å². The second-order valence-corrected chi connectivity index (χ2v) is 2.97. The molecule has 3 heteroatoms. The molecule has 0 aliphatic rings. The molecule has 0 aliphatic heterocycles. The van der Waals surface area contributed by atoms with Crippen LogP contribution >= 0.6 is 0 Å². The zero-order chi connectivity index (χ0) is 9.72. The summed E-state index contributed by atoms with van der Waals surface area (Å²) in [7, 11) is 3.41. The van der Waals surface area contributed by atoms with Crippen molar-refractivity contribution in [3.8, 4) is 0 Å². The minimum Gasteiger partial charge on any atom is -0.330 e. The van der Waals surface area contributed by atoms with Crippen molar-refractivity contribution in [2.45, 2.75) is 13.8 Å². The number of hydrogen-bond donors (Lipinski definition) is 0. The summed E-state index contributed by atoms with van der Waals surface area (Å²) in [5, 5.41) is 0. The minimum absolute atomic E-state index is 0.0915. The van der Waals surface area contributed by atoms with E-state index >= 15 is 0 Å². The Bertz CT molecular complexity index is 203. The van der Waals surface area contributed by atoms with Crippen LogP contribution in [0, 0.1) is 0 Å². The van der Waals surface area contributed by atoms with Crippen molar-refractivity contribution in [3.63, 3.8) is 0 Å². The number of allylic oxidation sites excluding steroid dienone is 1. The van der Waals surface area contributed by atoms with Crippen molar-refractivity contribution in [3.05, 3.63) is 24.6 Å². The molecule has 3 nitrogen and oxygen atoms in total. The molecule has 0 radical (unpaired) electrons. The molecule has 0 saturated carbocycles. The van der Waals surface area contributed by atoms with Crippen molar-refractivity contribution in [2.24, 2.45) is 0 Å². The van der Waals surface area contributed by atoms with Crippen LogP contribution in [0.3, 0.4) is 0 Å². The van der Waals surface area contributed by atoms with E-state index in [4.69, 9.17) is 0 Å². The molecule has 0 saturated heterocycles. The second kappa shape index (κ2) is 4.59. The quantitative estimate of drug-likeness (QED) is 0.619. The highest BCUT2D eigenvalue weighted by Gasteiger charge is 2.08. The molecule has 0 aromatic heterocycles. The Morgan fingerprint density at radius 3 is 2.08 bits per heavy atom. The molecule has 0 aromatic rings. The SMILES string of the molecule is C=CN(C=C(C)C)C(=O)N(C)C. The Morgan fingerprint density at radius 1 is 1.33 bits per heavy atom. The van der Waals surface area contributed by atoms with Gasteiger partial charge in [0.25, 0.3) is 0 Å². The largest absolute Gasteiger partial charge is 0.330 e. The number of amides is 2.